The quantitative estimate of drug-likeness (QED) is 0.403. The molecule has 0 bridgehead atoms. The van der Waals surface area contributed by atoms with E-state index in [0.29, 0.717) is 36.0 Å². The molecule has 1 amide bonds. The minimum atomic E-state index is -0.400. The molecule has 0 saturated heterocycles. The van der Waals surface area contributed by atoms with E-state index >= 15 is 0 Å². The lowest BCUT2D eigenvalue weighted by Gasteiger charge is -2.17. The van der Waals surface area contributed by atoms with Gasteiger partial charge in [-0.1, -0.05) is 6.92 Å². The van der Waals surface area contributed by atoms with E-state index in [2.05, 4.69) is 22.4 Å². The summed E-state index contributed by atoms with van der Waals surface area (Å²) in [6.45, 7) is 6.94. The van der Waals surface area contributed by atoms with Gasteiger partial charge >= 0.3 is 0 Å². The summed E-state index contributed by atoms with van der Waals surface area (Å²) >= 11 is 1.60. The van der Waals surface area contributed by atoms with E-state index < -0.39 is 5.91 Å². The predicted octanol–water partition coefficient (Wildman–Crippen LogP) is 3.53. The SMILES string of the molecule is CCOc1ccc(/C=N\NC(=O)Cn2cnc3sc4c(c3c2=O)CC[C@H](C)C4)cc1OCC. The van der Waals surface area contributed by atoms with Crippen LogP contribution < -0.4 is 20.5 Å². The molecule has 1 aromatic carbocycles. The Balaban J connectivity index is 1.45. The molecule has 0 saturated carbocycles. The lowest BCUT2D eigenvalue weighted by Crippen LogP contribution is -2.30. The number of carbonyl (C=O) groups is 1. The molecule has 0 fully saturated rings. The van der Waals surface area contributed by atoms with Gasteiger partial charge in [-0.05, 0) is 68.4 Å². The fraction of sp³-hybridized carbons (Fsp3) is 0.417. The molecule has 33 heavy (non-hydrogen) atoms. The maximum absolute atomic E-state index is 13.0. The van der Waals surface area contributed by atoms with Crippen molar-refractivity contribution in [1.82, 2.24) is 15.0 Å². The van der Waals surface area contributed by atoms with E-state index in [-0.39, 0.29) is 12.1 Å². The molecule has 0 spiro atoms. The molecular formula is C24H28N4O4S. The Kier molecular flexibility index (Phi) is 7.08. The van der Waals surface area contributed by atoms with Gasteiger partial charge < -0.3 is 9.47 Å². The van der Waals surface area contributed by atoms with Crippen LogP contribution in [0.15, 0.2) is 34.4 Å². The number of benzene rings is 1. The van der Waals surface area contributed by atoms with Gasteiger partial charge in [0.1, 0.15) is 11.4 Å². The summed E-state index contributed by atoms with van der Waals surface area (Å²) in [5, 5.41) is 4.69. The number of amides is 1. The first-order valence-corrected chi connectivity index (χ1v) is 12.0. The second kappa shape index (κ2) is 10.2. The second-order valence-electron chi connectivity index (χ2n) is 8.07. The molecule has 1 aliphatic carbocycles. The van der Waals surface area contributed by atoms with Crippen LogP contribution in [0, 0.1) is 5.92 Å². The number of aryl methyl sites for hydroxylation is 1. The minimum absolute atomic E-state index is 0.145. The smallest absolute Gasteiger partial charge is 0.262 e. The second-order valence-corrected chi connectivity index (χ2v) is 9.16. The molecule has 0 aliphatic heterocycles. The number of hydrogen-bond donors (Lipinski definition) is 1. The van der Waals surface area contributed by atoms with Crippen molar-refractivity contribution in [2.24, 2.45) is 11.0 Å². The molecule has 4 rings (SSSR count). The molecule has 1 aliphatic rings. The zero-order valence-corrected chi connectivity index (χ0v) is 19.9. The van der Waals surface area contributed by atoms with Crippen LogP contribution in [0.5, 0.6) is 11.5 Å². The number of ether oxygens (including phenoxy) is 2. The van der Waals surface area contributed by atoms with Gasteiger partial charge in [-0.2, -0.15) is 5.10 Å². The lowest BCUT2D eigenvalue weighted by molar-refractivity contribution is -0.121. The van der Waals surface area contributed by atoms with Crippen LogP contribution in [-0.4, -0.2) is 34.9 Å². The van der Waals surface area contributed by atoms with Crippen LogP contribution in [0.3, 0.4) is 0 Å². The van der Waals surface area contributed by atoms with E-state index in [1.54, 1.807) is 23.5 Å². The van der Waals surface area contributed by atoms with Crippen LogP contribution >= 0.6 is 11.3 Å². The van der Waals surface area contributed by atoms with Crippen LogP contribution in [0.25, 0.3) is 10.2 Å². The maximum Gasteiger partial charge on any atom is 0.262 e. The summed E-state index contributed by atoms with van der Waals surface area (Å²) in [6.07, 6.45) is 5.91. The zero-order valence-electron chi connectivity index (χ0n) is 19.1. The molecule has 8 nitrogen and oxygen atoms in total. The normalized spacial score (nSPS) is 15.5. The molecule has 0 radical (unpaired) electrons. The van der Waals surface area contributed by atoms with Crippen molar-refractivity contribution in [2.45, 2.75) is 46.6 Å². The van der Waals surface area contributed by atoms with Crippen molar-refractivity contribution in [1.29, 1.82) is 0 Å². The van der Waals surface area contributed by atoms with E-state index in [4.69, 9.17) is 9.47 Å². The van der Waals surface area contributed by atoms with E-state index in [9.17, 15) is 9.59 Å². The molecule has 2 heterocycles. The first kappa shape index (κ1) is 23.0. The highest BCUT2D eigenvalue weighted by Gasteiger charge is 2.23. The Morgan fingerprint density at radius 2 is 2.09 bits per heavy atom. The van der Waals surface area contributed by atoms with Gasteiger partial charge in [0.2, 0.25) is 0 Å². The van der Waals surface area contributed by atoms with Gasteiger partial charge in [0.15, 0.2) is 11.5 Å². The first-order chi connectivity index (χ1) is 16.0. The summed E-state index contributed by atoms with van der Waals surface area (Å²) in [7, 11) is 0. The minimum Gasteiger partial charge on any atom is -0.490 e. The van der Waals surface area contributed by atoms with Crippen molar-refractivity contribution in [3.8, 4) is 11.5 Å². The number of thiophene rings is 1. The van der Waals surface area contributed by atoms with Crippen molar-refractivity contribution in [2.75, 3.05) is 13.2 Å². The van der Waals surface area contributed by atoms with Gasteiger partial charge in [-0.25, -0.2) is 10.4 Å². The van der Waals surface area contributed by atoms with Gasteiger partial charge in [-0.15, -0.1) is 11.3 Å². The highest BCUT2D eigenvalue weighted by molar-refractivity contribution is 7.18. The number of hydrogen-bond acceptors (Lipinski definition) is 7. The van der Waals surface area contributed by atoms with Gasteiger partial charge in [-0.3, -0.25) is 14.2 Å². The third-order valence-electron chi connectivity index (χ3n) is 5.57. The third kappa shape index (κ3) is 5.08. The summed E-state index contributed by atoms with van der Waals surface area (Å²) in [5.74, 6) is 1.50. The van der Waals surface area contributed by atoms with Crippen LogP contribution in [-0.2, 0) is 24.2 Å². The van der Waals surface area contributed by atoms with Crippen molar-refractivity contribution < 1.29 is 14.3 Å². The van der Waals surface area contributed by atoms with Crippen LogP contribution in [0.4, 0.5) is 0 Å². The largest absolute Gasteiger partial charge is 0.490 e. The van der Waals surface area contributed by atoms with E-state index in [1.807, 2.05) is 19.9 Å². The van der Waals surface area contributed by atoms with Crippen molar-refractivity contribution in [3.63, 3.8) is 0 Å². The highest BCUT2D eigenvalue weighted by Crippen LogP contribution is 2.35. The summed E-state index contributed by atoms with van der Waals surface area (Å²) in [4.78, 5) is 31.9. The third-order valence-corrected chi connectivity index (χ3v) is 6.73. The summed E-state index contributed by atoms with van der Waals surface area (Å²) in [5.41, 5.74) is 4.18. The van der Waals surface area contributed by atoms with Gasteiger partial charge in [0.25, 0.3) is 11.5 Å². The topological polar surface area (TPSA) is 94.8 Å². The standard InChI is InChI=1S/C24H28N4O4S/c1-4-31-18-9-7-16(11-19(18)32-5-2)12-26-27-21(29)13-28-14-25-23-22(24(28)30)17-8-6-15(3)10-20(17)33-23/h7,9,11-12,14-15H,4-6,8,10,13H2,1-3H3,(H,27,29)/b26-12-/t15-/m0/s1. The zero-order chi connectivity index (χ0) is 23.4. The fourth-order valence-electron chi connectivity index (χ4n) is 4.00. The number of nitrogens with one attached hydrogen (secondary N) is 1. The van der Waals surface area contributed by atoms with Crippen molar-refractivity contribution >= 4 is 33.7 Å². The number of nitrogens with zero attached hydrogens (tertiary/aromatic N) is 3. The Morgan fingerprint density at radius 1 is 1.30 bits per heavy atom. The number of aromatic nitrogens is 2. The Labute approximate surface area is 196 Å². The molecule has 2 aromatic heterocycles. The van der Waals surface area contributed by atoms with Gasteiger partial charge in [0.05, 0.1) is 31.1 Å². The predicted molar refractivity (Wildman–Crippen MR) is 130 cm³/mol. The number of rotatable bonds is 8. The lowest BCUT2D eigenvalue weighted by atomic mass is 9.89. The molecule has 174 valence electrons. The fourth-order valence-corrected chi connectivity index (χ4v) is 5.34. The molecule has 1 N–H and O–H groups in total. The Bertz CT molecular complexity index is 1250. The average Bonchev–Trinajstić information content (AvgIpc) is 3.16. The number of carbonyl (C=O) groups excluding carboxylic acids is 1. The van der Waals surface area contributed by atoms with Crippen LogP contribution in [0.1, 0.15) is 43.2 Å². The first-order valence-electron chi connectivity index (χ1n) is 11.2. The monoisotopic (exact) mass is 468 g/mol. The number of fused-ring (bicyclic) bond motifs is 3. The Morgan fingerprint density at radius 3 is 2.88 bits per heavy atom. The molecular weight excluding hydrogens is 440 g/mol. The summed E-state index contributed by atoms with van der Waals surface area (Å²) < 4.78 is 12.5. The molecule has 9 heteroatoms. The maximum atomic E-state index is 13.0. The van der Waals surface area contributed by atoms with E-state index in [0.717, 1.165) is 35.2 Å². The molecule has 3 aromatic rings. The van der Waals surface area contributed by atoms with E-state index in [1.165, 1.54) is 22.0 Å². The Hall–Kier alpha value is -3.20. The van der Waals surface area contributed by atoms with Crippen molar-refractivity contribution in [3.05, 3.63) is 50.9 Å². The molecule has 0 unspecified atom stereocenters. The summed E-state index contributed by atoms with van der Waals surface area (Å²) in [6, 6.07) is 5.43. The van der Waals surface area contributed by atoms with Gasteiger partial charge in [0, 0.05) is 4.88 Å². The number of hydrazone groups is 1. The average molecular weight is 469 g/mol. The van der Waals surface area contributed by atoms with Crippen LogP contribution in [0.2, 0.25) is 0 Å². The highest BCUT2D eigenvalue weighted by atomic mass is 32.1. The molecule has 1 atom stereocenters.